The van der Waals surface area contributed by atoms with Gasteiger partial charge >= 0.3 is 6.03 Å². The molecule has 0 saturated carbocycles. The number of urea groups is 1. The van der Waals surface area contributed by atoms with Gasteiger partial charge in [-0.2, -0.15) is 0 Å². The molecule has 2 rings (SSSR count). The van der Waals surface area contributed by atoms with E-state index in [2.05, 4.69) is 22.8 Å². The average molecular weight is 359 g/mol. The van der Waals surface area contributed by atoms with Gasteiger partial charge in [-0.1, -0.05) is 24.3 Å². The van der Waals surface area contributed by atoms with Crippen LogP contribution in [0, 0.1) is 0 Å². The first-order chi connectivity index (χ1) is 12.1. The van der Waals surface area contributed by atoms with E-state index in [1.807, 2.05) is 55.4 Å². The number of ether oxygens (including phenoxy) is 1. The van der Waals surface area contributed by atoms with Crippen LogP contribution in [-0.2, 0) is 5.75 Å². The molecular formula is C19H25N3O2S. The molecule has 0 saturated heterocycles. The van der Waals surface area contributed by atoms with Crippen molar-refractivity contribution >= 4 is 23.5 Å². The molecule has 0 fully saturated rings. The van der Waals surface area contributed by atoms with Crippen molar-refractivity contribution in [3.8, 4) is 5.75 Å². The molecule has 134 valence electrons. The molecule has 2 aromatic rings. The van der Waals surface area contributed by atoms with E-state index in [1.165, 1.54) is 5.56 Å². The van der Waals surface area contributed by atoms with Crippen molar-refractivity contribution in [2.45, 2.75) is 10.6 Å². The minimum atomic E-state index is -0.181. The van der Waals surface area contributed by atoms with E-state index in [-0.39, 0.29) is 6.03 Å². The molecule has 0 aliphatic heterocycles. The van der Waals surface area contributed by atoms with E-state index in [4.69, 9.17) is 4.74 Å². The molecule has 2 N–H and O–H groups in total. The zero-order chi connectivity index (χ0) is 18.1. The van der Waals surface area contributed by atoms with Crippen LogP contribution in [0.5, 0.6) is 5.75 Å². The molecule has 0 unspecified atom stereocenters. The Kier molecular flexibility index (Phi) is 7.63. The van der Waals surface area contributed by atoms with Crippen molar-refractivity contribution < 1.29 is 9.53 Å². The summed E-state index contributed by atoms with van der Waals surface area (Å²) in [4.78, 5) is 15.1. The van der Waals surface area contributed by atoms with Crippen molar-refractivity contribution in [1.29, 1.82) is 0 Å². The van der Waals surface area contributed by atoms with Crippen LogP contribution in [-0.4, -0.2) is 45.2 Å². The summed E-state index contributed by atoms with van der Waals surface area (Å²) in [5.74, 6) is 1.68. The predicted octanol–water partition coefficient (Wildman–Crippen LogP) is 3.67. The van der Waals surface area contributed by atoms with Gasteiger partial charge in [-0.05, 0) is 43.9 Å². The average Bonchev–Trinajstić information content (AvgIpc) is 2.61. The second-order valence-electron chi connectivity index (χ2n) is 5.82. The maximum Gasteiger partial charge on any atom is 0.319 e. The van der Waals surface area contributed by atoms with Crippen LogP contribution in [0.15, 0.2) is 53.4 Å². The highest BCUT2D eigenvalue weighted by atomic mass is 32.2. The van der Waals surface area contributed by atoms with Crippen molar-refractivity contribution in [1.82, 2.24) is 10.2 Å². The molecule has 25 heavy (non-hydrogen) atoms. The number of hydrogen-bond acceptors (Lipinski definition) is 4. The third kappa shape index (κ3) is 6.68. The van der Waals surface area contributed by atoms with E-state index in [1.54, 1.807) is 18.9 Å². The van der Waals surface area contributed by atoms with E-state index >= 15 is 0 Å². The third-order valence-electron chi connectivity index (χ3n) is 3.53. The number of nitrogens with zero attached hydrogens (tertiary/aromatic N) is 1. The summed E-state index contributed by atoms with van der Waals surface area (Å²) in [6.07, 6.45) is 0. The summed E-state index contributed by atoms with van der Waals surface area (Å²) in [6, 6.07) is 15.7. The van der Waals surface area contributed by atoms with Gasteiger partial charge in [-0.25, -0.2) is 4.79 Å². The van der Waals surface area contributed by atoms with Gasteiger partial charge in [-0.15, -0.1) is 11.8 Å². The number of likely N-dealkylation sites (N-methyl/N-ethyl adjacent to an activating group) is 1. The largest absolute Gasteiger partial charge is 0.497 e. The summed E-state index contributed by atoms with van der Waals surface area (Å²) in [6.45, 7) is 1.42. The zero-order valence-electron chi connectivity index (χ0n) is 14.9. The second kappa shape index (κ2) is 9.96. The number of methoxy groups -OCH3 is 1. The number of hydrogen-bond donors (Lipinski definition) is 2. The smallest absolute Gasteiger partial charge is 0.319 e. The van der Waals surface area contributed by atoms with Crippen LogP contribution >= 0.6 is 11.8 Å². The fourth-order valence-corrected chi connectivity index (χ4v) is 3.10. The number of rotatable bonds is 8. The van der Waals surface area contributed by atoms with E-state index in [9.17, 15) is 4.79 Å². The monoisotopic (exact) mass is 359 g/mol. The highest BCUT2D eigenvalue weighted by Crippen LogP contribution is 2.30. The highest BCUT2D eigenvalue weighted by molar-refractivity contribution is 7.98. The molecule has 0 heterocycles. The first-order valence-electron chi connectivity index (χ1n) is 8.13. The zero-order valence-corrected chi connectivity index (χ0v) is 15.7. The van der Waals surface area contributed by atoms with Gasteiger partial charge in [0.25, 0.3) is 0 Å². The first-order valence-corrected chi connectivity index (χ1v) is 9.11. The van der Waals surface area contributed by atoms with Crippen LogP contribution in [0.3, 0.4) is 0 Å². The number of para-hydroxylation sites is 1. The number of nitrogens with one attached hydrogen (secondary N) is 2. The van der Waals surface area contributed by atoms with Crippen LogP contribution in [0.25, 0.3) is 0 Å². The van der Waals surface area contributed by atoms with Crippen LogP contribution in [0.4, 0.5) is 10.5 Å². The summed E-state index contributed by atoms with van der Waals surface area (Å²) >= 11 is 1.69. The van der Waals surface area contributed by atoms with E-state index < -0.39 is 0 Å². The Morgan fingerprint density at radius 1 is 1.12 bits per heavy atom. The molecule has 2 aromatic carbocycles. The summed E-state index contributed by atoms with van der Waals surface area (Å²) < 4.78 is 5.18. The van der Waals surface area contributed by atoms with Gasteiger partial charge in [0, 0.05) is 23.7 Å². The molecule has 0 aliphatic rings. The number of anilines is 1. The summed E-state index contributed by atoms with van der Waals surface area (Å²) in [7, 11) is 5.62. The number of amides is 2. The fourth-order valence-electron chi connectivity index (χ4n) is 2.14. The maximum absolute atomic E-state index is 12.0. The molecule has 5 nitrogen and oxygen atoms in total. The normalized spacial score (nSPS) is 10.6. The topological polar surface area (TPSA) is 53.6 Å². The number of carbonyl (C=O) groups excluding carboxylic acids is 1. The number of benzene rings is 2. The van der Waals surface area contributed by atoms with Gasteiger partial charge in [0.15, 0.2) is 0 Å². The molecule has 0 atom stereocenters. The van der Waals surface area contributed by atoms with E-state index in [0.717, 1.165) is 28.6 Å². The lowest BCUT2D eigenvalue weighted by molar-refractivity contribution is 0.250. The molecule has 0 aromatic heterocycles. The standard InChI is InChI=1S/C19H25N3O2S/c1-22(2)13-12-20-19(23)21-17-6-4-5-7-18(17)25-14-15-8-10-16(24-3)11-9-15/h4-11H,12-14H2,1-3H3,(H2,20,21,23). The van der Waals surface area contributed by atoms with Gasteiger partial charge in [0.1, 0.15) is 5.75 Å². The van der Waals surface area contributed by atoms with Gasteiger partial charge in [0.2, 0.25) is 0 Å². The van der Waals surface area contributed by atoms with E-state index in [0.29, 0.717) is 6.54 Å². The van der Waals surface area contributed by atoms with Gasteiger partial charge in [-0.3, -0.25) is 0 Å². The Morgan fingerprint density at radius 2 is 1.84 bits per heavy atom. The van der Waals surface area contributed by atoms with Gasteiger partial charge in [0.05, 0.1) is 12.8 Å². The molecule has 0 spiro atoms. The highest BCUT2D eigenvalue weighted by Gasteiger charge is 2.07. The lowest BCUT2D eigenvalue weighted by atomic mass is 10.2. The van der Waals surface area contributed by atoms with Crippen LogP contribution in [0.1, 0.15) is 5.56 Å². The molecule has 0 radical (unpaired) electrons. The Hall–Kier alpha value is -2.18. The number of thioether (sulfide) groups is 1. The third-order valence-corrected chi connectivity index (χ3v) is 4.68. The predicted molar refractivity (Wildman–Crippen MR) is 105 cm³/mol. The lowest BCUT2D eigenvalue weighted by Gasteiger charge is -2.13. The first kappa shape index (κ1) is 19.1. The van der Waals surface area contributed by atoms with Crippen molar-refractivity contribution in [2.75, 3.05) is 39.6 Å². The number of carbonyl (C=O) groups is 1. The second-order valence-corrected chi connectivity index (χ2v) is 6.83. The fraction of sp³-hybridized carbons (Fsp3) is 0.316. The summed E-state index contributed by atoms with van der Waals surface area (Å²) in [5, 5.41) is 5.79. The molecular weight excluding hydrogens is 334 g/mol. The maximum atomic E-state index is 12.0. The van der Waals surface area contributed by atoms with Crippen molar-refractivity contribution in [2.24, 2.45) is 0 Å². The molecule has 2 amide bonds. The lowest BCUT2D eigenvalue weighted by Crippen LogP contribution is -2.34. The molecule has 6 heteroatoms. The SMILES string of the molecule is COc1ccc(CSc2ccccc2NC(=O)NCCN(C)C)cc1. The Balaban J connectivity index is 1.91. The van der Waals surface area contributed by atoms with Gasteiger partial charge < -0.3 is 20.3 Å². The Labute approximate surface area is 153 Å². The quantitative estimate of drug-likeness (QED) is 0.706. The Bertz CT molecular complexity index is 675. The van der Waals surface area contributed by atoms with Crippen molar-refractivity contribution in [3.63, 3.8) is 0 Å². The Morgan fingerprint density at radius 3 is 2.52 bits per heavy atom. The van der Waals surface area contributed by atoms with Crippen LogP contribution in [0.2, 0.25) is 0 Å². The van der Waals surface area contributed by atoms with Crippen LogP contribution < -0.4 is 15.4 Å². The minimum Gasteiger partial charge on any atom is -0.497 e. The summed E-state index contributed by atoms with van der Waals surface area (Å²) in [5.41, 5.74) is 2.03. The molecule has 0 aliphatic carbocycles. The van der Waals surface area contributed by atoms with Crippen molar-refractivity contribution in [3.05, 3.63) is 54.1 Å². The minimum absolute atomic E-state index is 0.181. The molecule has 0 bridgehead atoms.